The number of hydrogen-bond donors (Lipinski definition) is 2. The Morgan fingerprint density at radius 1 is 1.32 bits per heavy atom. The smallest absolute Gasteiger partial charge is 0.160 e. The van der Waals surface area contributed by atoms with Crippen molar-refractivity contribution in [2.24, 2.45) is 17.8 Å². The summed E-state index contributed by atoms with van der Waals surface area (Å²) in [5.74, 6) is 2.94. The van der Waals surface area contributed by atoms with Gasteiger partial charge >= 0.3 is 0 Å². The highest BCUT2D eigenvalue weighted by Crippen LogP contribution is 2.45. The molecule has 0 amide bonds. The lowest BCUT2D eigenvalue weighted by atomic mass is 9.87. The topological polar surface area (TPSA) is 41.5 Å². The van der Waals surface area contributed by atoms with Crippen molar-refractivity contribution in [2.75, 3.05) is 12.4 Å². The number of ether oxygens (including phenoxy) is 1. The standard InChI is InChI=1S/C16H21NO2/c1-10(14-8-11-3-4-12(14)7-11)17-13-5-6-16(19-2)15(18)9-13/h3-6,9-12,14,17-18H,7-8H2,1-2H3. The van der Waals surface area contributed by atoms with Gasteiger partial charge in [0.25, 0.3) is 0 Å². The van der Waals surface area contributed by atoms with Crippen LogP contribution in [0.1, 0.15) is 19.8 Å². The molecule has 4 unspecified atom stereocenters. The average Bonchev–Trinajstić information content (AvgIpc) is 3.01. The molecule has 2 N–H and O–H groups in total. The van der Waals surface area contributed by atoms with Crippen molar-refractivity contribution in [1.82, 2.24) is 0 Å². The summed E-state index contributed by atoms with van der Waals surface area (Å²) in [7, 11) is 1.56. The fourth-order valence-corrected chi connectivity index (χ4v) is 3.55. The minimum atomic E-state index is 0.188. The zero-order chi connectivity index (χ0) is 13.4. The quantitative estimate of drug-likeness (QED) is 0.814. The molecule has 19 heavy (non-hydrogen) atoms. The van der Waals surface area contributed by atoms with E-state index in [-0.39, 0.29) is 5.75 Å². The van der Waals surface area contributed by atoms with Crippen LogP contribution in [0.25, 0.3) is 0 Å². The van der Waals surface area contributed by atoms with E-state index in [1.54, 1.807) is 19.2 Å². The summed E-state index contributed by atoms with van der Waals surface area (Å²) in [5.41, 5.74) is 0.956. The molecular formula is C16H21NO2. The first-order chi connectivity index (χ1) is 9.17. The van der Waals surface area contributed by atoms with Crippen LogP contribution in [0.5, 0.6) is 11.5 Å². The number of phenols is 1. The van der Waals surface area contributed by atoms with Gasteiger partial charge in [-0.15, -0.1) is 0 Å². The second kappa shape index (κ2) is 4.80. The minimum absolute atomic E-state index is 0.188. The largest absolute Gasteiger partial charge is 0.504 e. The third-order valence-corrected chi connectivity index (χ3v) is 4.55. The third kappa shape index (κ3) is 2.29. The van der Waals surface area contributed by atoms with Gasteiger partial charge < -0.3 is 15.2 Å². The van der Waals surface area contributed by atoms with Crippen LogP contribution in [0.3, 0.4) is 0 Å². The van der Waals surface area contributed by atoms with E-state index in [9.17, 15) is 5.11 Å². The Morgan fingerprint density at radius 2 is 2.16 bits per heavy atom. The highest BCUT2D eigenvalue weighted by molar-refractivity contribution is 5.54. The van der Waals surface area contributed by atoms with Gasteiger partial charge in [-0.25, -0.2) is 0 Å². The summed E-state index contributed by atoms with van der Waals surface area (Å²) >= 11 is 0. The molecule has 1 fully saturated rings. The number of hydrogen-bond acceptors (Lipinski definition) is 3. The molecule has 4 atom stereocenters. The summed E-state index contributed by atoms with van der Waals surface area (Å²) in [4.78, 5) is 0. The highest BCUT2D eigenvalue weighted by Gasteiger charge is 2.38. The van der Waals surface area contributed by atoms with Gasteiger partial charge in [-0.05, 0) is 49.7 Å². The van der Waals surface area contributed by atoms with E-state index in [0.29, 0.717) is 17.7 Å². The van der Waals surface area contributed by atoms with Crippen LogP contribution in [-0.2, 0) is 0 Å². The predicted molar refractivity (Wildman–Crippen MR) is 76.6 cm³/mol. The summed E-state index contributed by atoms with van der Waals surface area (Å²) in [5, 5.41) is 13.3. The molecule has 2 bridgehead atoms. The van der Waals surface area contributed by atoms with Gasteiger partial charge in [0.15, 0.2) is 11.5 Å². The average molecular weight is 259 g/mol. The molecule has 0 saturated heterocycles. The first kappa shape index (κ1) is 12.4. The van der Waals surface area contributed by atoms with Crippen LogP contribution >= 0.6 is 0 Å². The molecule has 2 aliphatic rings. The van der Waals surface area contributed by atoms with Crippen molar-refractivity contribution in [3.05, 3.63) is 30.4 Å². The summed E-state index contributed by atoms with van der Waals surface area (Å²) in [6.45, 7) is 2.24. The van der Waals surface area contributed by atoms with Crippen LogP contribution in [0.2, 0.25) is 0 Å². The molecule has 1 aromatic carbocycles. The molecule has 0 radical (unpaired) electrons. The maximum atomic E-state index is 9.80. The summed E-state index contributed by atoms with van der Waals surface area (Å²) in [6, 6.07) is 5.91. The fraction of sp³-hybridized carbons (Fsp3) is 0.500. The van der Waals surface area contributed by atoms with E-state index in [4.69, 9.17) is 4.74 Å². The Hall–Kier alpha value is -1.64. The van der Waals surface area contributed by atoms with Crippen LogP contribution in [-0.4, -0.2) is 18.3 Å². The van der Waals surface area contributed by atoms with Gasteiger partial charge in [-0.2, -0.15) is 0 Å². The number of anilines is 1. The Labute approximate surface area is 114 Å². The zero-order valence-electron chi connectivity index (χ0n) is 11.5. The molecule has 1 saturated carbocycles. The Morgan fingerprint density at radius 3 is 2.74 bits per heavy atom. The van der Waals surface area contributed by atoms with Crippen molar-refractivity contribution in [2.45, 2.75) is 25.8 Å². The SMILES string of the molecule is COc1ccc(NC(C)C2CC3C=CC2C3)cc1O. The maximum Gasteiger partial charge on any atom is 0.160 e. The minimum Gasteiger partial charge on any atom is -0.504 e. The molecule has 3 heteroatoms. The second-order valence-corrected chi connectivity index (χ2v) is 5.76. The second-order valence-electron chi connectivity index (χ2n) is 5.76. The molecule has 0 heterocycles. The van der Waals surface area contributed by atoms with Crippen molar-refractivity contribution in [3.63, 3.8) is 0 Å². The zero-order valence-corrected chi connectivity index (χ0v) is 11.5. The number of benzene rings is 1. The van der Waals surface area contributed by atoms with E-state index >= 15 is 0 Å². The van der Waals surface area contributed by atoms with Gasteiger partial charge in [0.1, 0.15) is 0 Å². The van der Waals surface area contributed by atoms with E-state index in [0.717, 1.165) is 17.5 Å². The summed E-state index contributed by atoms with van der Waals surface area (Å²) in [6.07, 6.45) is 7.36. The molecule has 1 aromatic rings. The molecular weight excluding hydrogens is 238 g/mol. The van der Waals surface area contributed by atoms with Crippen molar-refractivity contribution in [3.8, 4) is 11.5 Å². The van der Waals surface area contributed by atoms with Gasteiger partial charge in [0.05, 0.1) is 7.11 Å². The molecule has 102 valence electrons. The van der Waals surface area contributed by atoms with Gasteiger partial charge in [0.2, 0.25) is 0 Å². The van der Waals surface area contributed by atoms with Crippen molar-refractivity contribution in [1.29, 1.82) is 0 Å². The molecule has 2 aliphatic carbocycles. The van der Waals surface area contributed by atoms with Crippen molar-refractivity contribution < 1.29 is 9.84 Å². The molecule has 0 spiro atoms. The Bertz CT molecular complexity index is 498. The van der Waals surface area contributed by atoms with E-state index in [1.165, 1.54) is 12.8 Å². The van der Waals surface area contributed by atoms with E-state index < -0.39 is 0 Å². The van der Waals surface area contributed by atoms with Crippen LogP contribution in [0, 0.1) is 17.8 Å². The first-order valence-electron chi connectivity index (χ1n) is 6.99. The lowest BCUT2D eigenvalue weighted by Gasteiger charge is -2.27. The van der Waals surface area contributed by atoms with Gasteiger partial charge in [0, 0.05) is 17.8 Å². The lowest BCUT2D eigenvalue weighted by molar-refractivity contribution is 0.373. The summed E-state index contributed by atoms with van der Waals surface area (Å²) < 4.78 is 5.06. The number of rotatable bonds is 4. The van der Waals surface area contributed by atoms with Crippen LogP contribution in [0.4, 0.5) is 5.69 Å². The molecule has 0 aliphatic heterocycles. The number of allylic oxidation sites excluding steroid dienone is 2. The predicted octanol–water partition coefficient (Wildman–Crippen LogP) is 3.41. The molecule has 0 aromatic heterocycles. The number of phenolic OH excluding ortho intramolecular Hbond substituents is 1. The van der Waals surface area contributed by atoms with E-state index in [2.05, 4.69) is 24.4 Å². The normalized spacial score (nSPS) is 29.5. The number of fused-ring (bicyclic) bond motifs is 2. The molecule has 3 nitrogen and oxygen atoms in total. The first-order valence-corrected chi connectivity index (χ1v) is 6.99. The van der Waals surface area contributed by atoms with Crippen LogP contribution < -0.4 is 10.1 Å². The Kier molecular flexibility index (Phi) is 3.13. The van der Waals surface area contributed by atoms with Gasteiger partial charge in [-0.1, -0.05) is 12.2 Å². The number of methoxy groups -OCH3 is 1. The highest BCUT2D eigenvalue weighted by atomic mass is 16.5. The molecule has 3 rings (SSSR count). The van der Waals surface area contributed by atoms with E-state index in [1.807, 2.05) is 6.07 Å². The van der Waals surface area contributed by atoms with Crippen molar-refractivity contribution >= 4 is 5.69 Å². The van der Waals surface area contributed by atoms with Gasteiger partial charge in [-0.3, -0.25) is 0 Å². The third-order valence-electron chi connectivity index (χ3n) is 4.55. The number of nitrogens with one attached hydrogen (secondary N) is 1. The Balaban J connectivity index is 1.68. The fourth-order valence-electron chi connectivity index (χ4n) is 3.55. The lowest BCUT2D eigenvalue weighted by Crippen LogP contribution is -2.28. The number of aromatic hydroxyl groups is 1. The van der Waals surface area contributed by atoms with Crippen LogP contribution in [0.15, 0.2) is 30.4 Å². The maximum absolute atomic E-state index is 9.80. The monoisotopic (exact) mass is 259 g/mol.